The van der Waals surface area contributed by atoms with Crippen LogP contribution in [0.2, 0.25) is 0 Å². The van der Waals surface area contributed by atoms with Crippen LogP contribution < -0.4 is 10.6 Å². The minimum absolute atomic E-state index is 0. The van der Waals surface area contributed by atoms with Crippen LogP contribution in [0.3, 0.4) is 0 Å². The molecule has 1 spiro atoms. The highest BCUT2D eigenvalue weighted by Crippen LogP contribution is 2.58. The molecule has 2 fully saturated rings. The van der Waals surface area contributed by atoms with Gasteiger partial charge in [0, 0.05) is 19.0 Å². The molecule has 1 saturated carbocycles. The Morgan fingerprint density at radius 3 is 2.58 bits per heavy atom. The lowest BCUT2D eigenvalue weighted by Gasteiger charge is -2.23. The van der Waals surface area contributed by atoms with Crippen molar-refractivity contribution >= 4 is 30.7 Å². The molecular formula is C18H29Cl2N3O. The molecule has 1 amide bonds. The van der Waals surface area contributed by atoms with Gasteiger partial charge in [-0.15, -0.1) is 24.8 Å². The van der Waals surface area contributed by atoms with Crippen LogP contribution in [0.15, 0.2) is 24.3 Å². The SMILES string of the molecule is CN(C)Cc1cccc(CNC(=O)C2CC23CCNCC3)c1.Cl.Cl. The molecule has 0 bridgehead atoms. The van der Waals surface area contributed by atoms with Gasteiger partial charge in [-0.1, -0.05) is 24.3 Å². The minimum atomic E-state index is 0. The number of amides is 1. The fraction of sp³-hybridized carbons (Fsp3) is 0.611. The van der Waals surface area contributed by atoms with Crippen molar-refractivity contribution in [2.75, 3.05) is 27.2 Å². The third-order valence-corrected chi connectivity index (χ3v) is 5.06. The third kappa shape index (κ3) is 5.09. The van der Waals surface area contributed by atoms with Crippen molar-refractivity contribution in [1.82, 2.24) is 15.5 Å². The number of piperidine rings is 1. The molecule has 136 valence electrons. The standard InChI is InChI=1S/C18H27N3O.2ClH/c1-21(2)13-15-5-3-4-14(10-15)12-20-17(22)16-11-18(16)6-8-19-9-7-18;;/h3-5,10,16,19H,6-9,11-13H2,1-2H3,(H,20,22);2*1H. The molecule has 1 saturated heterocycles. The Bertz CT molecular complexity index is 545. The van der Waals surface area contributed by atoms with E-state index in [2.05, 4.69) is 53.9 Å². The average Bonchev–Trinajstić information content (AvgIpc) is 3.18. The van der Waals surface area contributed by atoms with Crippen molar-refractivity contribution in [2.45, 2.75) is 32.4 Å². The quantitative estimate of drug-likeness (QED) is 0.833. The Kier molecular flexibility index (Phi) is 8.00. The lowest BCUT2D eigenvalue weighted by atomic mass is 9.92. The van der Waals surface area contributed by atoms with E-state index in [0.717, 1.165) is 38.9 Å². The molecule has 2 N–H and O–H groups in total. The van der Waals surface area contributed by atoms with Crippen LogP contribution in [0.4, 0.5) is 0 Å². The highest BCUT2D eigenvalue weighted by molar-refractivity contribution is 5.85. The molecule has 3 rings (SSSR count). The second kappa shape index (κ2) is 9.04. The number of hydrogen-bond donors (Lipinski definition) is 2. The van der Waals surface area contributed by atoms with Crippen LogP contribution in [0.25, 0.3) is 0 Å². The number of rotatable bonds is 5. The predicted octanol–water partition coefficient (Wildman–Crippen LogP) is 2.60. The summed E-state index contributed by atoms with van der Waals surface area (Å²) in [6.45, 7) is 3.71. The predicted molar refractivity (Wildman–Crippen MR) is 103 cm³/mol. The highest BCUT2D eigenvalue weighted by Gasteiger charge is 2.57. The Hall–Kier alpha value is -0.810. The van der Waals surface area contributed by atoms with Gasteiger partial charge in [0.1, 0.15) is 0 Å². The highest BCUT2D eigenvalue weighted by atomic mass is 35.5. The fourth-order valence-electron chi connectivity index (χ4n) is 3.71. The molecular weight excluding hydrogens is 345 g/mol. The van der Waals surface area contributed by atoms with Crippen molar-refractivity contribution in [3.63, 3.8) is 0 Å². The molecule has 24 heavy (non-hydrogen) atoms. The number of hydrogen-bond acceptors (Lipinski definition) is 3. The zero-order valence-corrected chi connectivity index (χ0v) is 16.1. The second-order valence-corrected chi connectivity index (χ2v) is 7.14. The second-order valence-electron chi connectivity index (χ2n) is 7.14. The Balaban J connectivity index is 0.00000144. The van der Waals surface area contributed by atoms with Gasteiger partial charge in [0.25, 0.3) is 0 Å². The van der Waals surface area contributed by atoms with Gasteiger partial charge in [-0.2, -0.15) is 0 Å². The van der Waals surface area contributed by atoms with E-state index >= 15 is 0 Å². The van der Waals surface area contributed by atoms with Crippen molar-refractivity contribution in [3.05, 3.63) is 35.4 Å². The molecule has 0 aromatic heterocycles. The van der Waals surface area contributed by atoms with Gasteiger partial charge < -0.3 is 15.5 Å². The molecule has 1 heterocycles. The van der Waals surface area contributed by atoms with Crippen molar-refractivity contribution in [2.24, 2.45) is 11.3 Å². The number of carbonyl (C=O) groups excluding carboxylic acids is 1. The molecule has 1 aromatic rings. The number of benzene rings is 1. The van der Waals surface area contributed by atoms with E-state index in [9.17, 15) is 4.79 Å². The molecule has 1 aliphatic carbocycles. The number of nitrogens with one attached hydrogen (secondary N) is 2. The zero-order valence-electron chi connectivity index (χ0n) is 14.5. The summed E-state index contributed by atoms with van der Waals surface area (Å²) in [7, 11) is 4.14. The number of halogens is 2. The number of nitrogens with zero attached hydrogens (tertiary/aromatic N) is 1. The molecule has 1 unspecified atom stereocenters. The summed E-state index contributed by atoms with van der Waals surface area (Å²) in [6.07, 6.45) is 3.40. The first kappa shape index (κ1) is 21.2. The molecule has 1 aliphatic heterocycles. The summed E-state index contributed by atoms with van der Waals surface area (Å²) in [5.41, 5.74) is 2.80. The van der Waals surface area contributed by atoms with E-state index in [1.54, 1.807) is 0 Å². The smallest absolute Gasteiger partial charge is 0.223 e. The number of carbonyl (C=O) groups is 1. The first-order chi connectivity index (χ1) is 10.6. The molecule has 1 atom stereocenters. The van der Waals surface area contributed by atoms with E-state index in [1.807, 2.05) is 0 Å². The van der Waals surface area contributed by atoms with Crippen LogP contribution >= 0.6 is 24.8 Å². The summed E-state index contributed by atoms with van der Waals surface area (Å²) >= 11 is 0. The first-order valence-corrected chi connectivity index (χ1v) is 8.30. The largest absolute Gasteiger partial charge is 0.352 e. The summed E-state index contributed by atoms with van der Waals surface area (Å²) in [5.74, 6) is 0.500. The molecule has 1 aromatic carbocycles. The fourth-order valence-corrected chi connectivity index (χ4v) is 3.71. The van der Waals surface area contributed by atoms with Crippen molar-refractivity contribution in [3.8, 4) is 0 Å². The summed E-state index contributed by atoms with van der Waals surface area (Å²) in [5, 5.41) is 6.52. The van der Waals surface area contributed by atoms with E-state index in [-0.39, 0.29) is 36.6 Å². The minimum Gasteiger partial charge on any atom is -0.352 e. The Morgan fingerprint density at radius 2 is 1.92 bits per heavy atom. The van der Waals surface area contributed by atoms with Crippen LogP contribution in [0.1, 0.15) is 30.4 Å². The van der Waals surface area contributed by atoms with Crippen molar-refractivity contribution in [1.29, 1.82) is 0 Å². The maximum absolute atomic E-state index is 12.4. The van der Waals surface area contributed by atoms with Gasteiger partial charge >= 0.3 is 0 Å². The van der Waals surface area contributed by atoms with E-state index in [1.165, 1.54) is 11.1 Å². The zero-order chi connectivity index (χ0) is 15.6. The van der Waals surface area contributed by atoms with Gasteiger partial charge in [0.05, 0.1) is 0 Å². The van der Waals surface area contributed by atoms with Crippen LogP contribution in [0, 0.1) is 11.3 Å². The molecule has 2 aliphatic rings. The normalized spacial score (nSPS) is 20.9. The van der Waals surface area contributed by atoms with Crippen LogP contribution in [0.5, 0.6) is 0 Å². The van der Waals surface area contributed by atoms with Crippen LogP contribution in [-0.4, -0.2) is 38.0 Å². The van der Waals surface area contributed by atoms with Gasteiger partial charge in [-0.05, 0) is 63.0 Å². The van der Waals surface area contributed by atoms with Gasteiger partial charge in [0.2, 0.25) is 5.91 Å². The first-order valence-electron chi connectivity index (χ1n) is 8.30. The molecule has 4 nitrogen and oxygen atoms in total. The Labute approximate surface area is 157 Å². The van der Waals surface area contributed by atoms with Gasteiger partial charge in [-0.3, -0.25) is 4.79 Å². The lowest BCUT2D eigenvalue weighted by molar-refractivity contribution is -0.123. The molecule has 0 radical (unpaired) electrons. The Morgan fingerprint density at radius 1 is 1.25 bits per heavy atom. The van der Waals surface area contributed by atoms with E-state index in [4.69, 9.17) is 0 Å². The monoisotopic (exact) mass is 373 g/mol. The van der Waals surface area contributed by atoms with E-state index < -0.39 is 0 Å². The summed E-state index contributed by atoms with van der Waals surface area (Å²) in [6, 6.07) is 8.49. The van der Waals surface area contributed by atoms with Crippen molar-refractivity contribution < 1.29 is 4.79 Å². The van der Waals surface area contributed by atoms with Crippen LogP contribution in [-0.2, 0) is 17.9 Å². The average molecular weight is 374 g/mol. The van der Waals surface area contributed by atoms with Gasteiger partial charge in [0.15, 0.2) is 0 Å². The van der Waals surface area contributed by atoms with Gasteiger partial charge in [-0.25, -0.2) is 0 Å². The summed E-state index contributed by atoms with van der Waals surface area (Å²) in [4.78, 5) is 14.5. The lowest BCUT2D eigenvalue weighted by Crippen LogP contribution is -2.33. The topological polar surface area (TPSA) is 44.4 Å². The maximum Gasteiger partial charge on any atom is 0.223 e. The molecule has 6 heteroatoms. The maximum atomic E-state index is 12.4. The third-order valence-electron chi connectivity index (χ3n) is 5.06. The summed E-state index contributed by atoms with van der Waals surface area (Å²) < 4.78 is 0. The van der Waals surface area contributed by atoms with E-state index in [0.29, 0.717) is 12.0 Å².